The highest BCUT2D eigenvalue weighted by molar-refractivity contribution is 5.94. The zero-order valence-corrected chi connectivity index (χ0v) is 22.6. The first-order chi connectivity index (χ1) is 18.9. The molecule has 1 amide bonds. The molecule has 1 spiro atoms. The average molecular weight is 530 g/mol. The average Bonchev–Trinajstić information content (AvgIpc) is 3.57. The summed E-state index contributed by atoms with van der Waals surface area (Å²) in [6.07, 6.45) is 7.90. The lowest BCUT2D eigenvalue weighted by Crippen LogP contribution is -2.41. The van der Waals surface area contributed by atoms with Gasteiger partial charge in [-0.15, -0.1) is 0 Å². The second-order valence-corrected chi connectivity index (χ2v) is 11.3. The molecule has 9 heteroatoms. The summed E-state index contributed by atoms with van der Waals surface area (Å²) in [4.78, 5) is 37.0. The zero-order valence-electron chi connectivity index (χ0n) is 22.6. The Bertz CT molecular complexity index is 1420. The van der Waals surface area contributed by atoms with Crippen molar-refractivity contribution in [1.82, 2.24) is 20.0 Å². The molecule has 39 heavy (non-hydrogen) atoms. The normalized spacial score (nSPS) is 24.1. The number of carbonyl (C=O) groups excluding carboxylic acids is 2. The van der Waals surface area contributed by atoms with E-state index in [9.17, 15) is 9.59 Å². The molecular weight excluding hydrogens is 494 g/mol. The lowest BCUT2D eigenvalue weighted by molar-refractivity contribution is -0.128. The molecule has 3 atom stereocenters. The molecule has 2 aromatic heterocycles. The Balaban J connectivity index is 1.43. The molecule has 3 aromatic rings. The van der Waals surface area contributed by atoms with Gasteiger partial charge < -0.3 is 15.0 Å². The van der Waals surface area contributed by atoms with Crippen molar-refractivity contribution >= 4 is 11.7 Å². The van der Waals surface area contributed by atoms with Crippen molar-refractivity contribution in [3.63, 3.8) is 0 Å². The summed E-state index contributed by atoms with van der Waals surface area (Å²) in [7, 11) is 2.12. The van der Waals surface area contributed by atoms with E-state index in [-0.39, 0.29) is 11.9 Å². The summed E-state index contributed by atoms with van der Waals surface area (Å²) >= 11 is 0. The minimum Gasteiger partial charge on any atom is -0.473 e. The van der Waals surface area contributed by atoms with Crippen molar-refractivity contribution in [2.75, 3.05) is 13.6 Å². The fraction of sp³-hybridized carbons (Fsp3) is 0.500. The van der Waals surface area contributed by atoms with Gasteiger partial charge in [-0.25, -0.2) is 4.98 Å². The molecule has 0 radical (unpaired) electrons. The number of amides is 1. The van der Waals surface area contributed by atoms with Crippen molar-refractivity contribution in [3.8, 4) is 28.7 Å². The first kappa shape index (κ1) is 25.7. The number of Topliss-reactive ketones (excluding diaryl/α,β-unsaturated/α-hetero) is 1. The number of fused-ring (bicyclic) bond motifs is 2. The van der Waals surface area contributed by atoms with Crippen LogP contribution >= 0.6 is 0 Å². The van der Waals surface area contributed by atoms with E-state index < -0.39 is 11.3 Å². The summed E-state index contributed by atoms with van der Waals surface area (Å²) in [5, 5.41) is 4.45. The summed E-state index contributed by atoms with van der Waals surface area (Å²) < 4.78 is 12.4. The number of primary amides is 1. The number of likely N-dealkylation sites (tertiary alicyclic amines) is 1. The van der Waals surface area contributed by atoms with Gasteiger partial charge in [-0.2, -0.15) is 4.98 Å². The summed E-state index contributed by atoms with van der Waals surface area (Å²) in [6, 6.07) is 9.16. The third kappa shape index (κ3) is 4.62. The molecule has 9 nitrogen and oxygen atoms in total. The van der Waals surface area contributed by atoms with Crippen LogP contribution < -0.4 is 10.5 Å². The number of ketones is 1. The van der Waals surface area contributed by atoms with Crippen LogP contribution in [0, 0.1) is 0 Å². The van der Waals surface area contributed by atoms with Gasteiger partial charge in [0, 0.05) is 35.2 Å². The second-order valence-electron chi connectivity index (χ2n) is 11.3. The molecule has 204 valence electrons. The summed E-state index contributed by atoms with van der Waals surface area (Å²) in [5.41, 5.74) is 8.18. The largest absolute Gasteiger partial charge is 0.473 e. The Morgan fingerprint density at radius 2 is 2.00 bits per heavy atom. The SMILES string of the molecule is C[C@H](Oc1cc(-c2cccc(C(N)=O)c2)nc(-c2noc3c2CCC[C@@]32CCCCC2=O)n1)[C@@H]1CCCN1C. The van der Waals surface area contributed by atoms with Crippen molar-refractivity contribution in [3.05, 3.63) is 47.2 Å². The fourth-order valence-electron chi connectivity index (χ4n) is 6.74. The topological polar surface area (TPSA) is 124 Å². The van der Waals surface area contributed by atoms with E-state index >= 15 is 0 Å². The Hall–Kier alpha value is -3.59. The van der Waals surface area contributed by atoms with E-state index in [0.29, 0.717) is 46.9 Å². The van der Waals surface area contributed by atoms with Gasteiger partial charge >= 0.3 is 0 Å². The standard InChI is InChI=1S/C30H35N5O4/c1-18(23-11-7-15-35(23)2)38-25-17-22(19-8-5-9-20(16-19)28(31)37)32-29(33-25)26-21-10-6-14-30(27(21)39-34-26)13-4-3-12-24(30)36/h5,8-9,16-18,23H,3-4,6-7,10-15H2,1-2H3,(H2,31,37)/t18-,23-,30+/m0/s1. The Labute approximate surface area is 228 Å². The van der Waals surface area contributed by atoms with Crippen LogP contribution in [0.2, 0.25) is 0 Å². The third-order valence-electron chi connectivity index (χ3n) is 8.83. The minimum absolute atomic E-state index is 0.0839. The maximum absolute atomic E-state index is 13.2. The molecule has 1 saturated heterocycles. The number of nitrogens with zero attached hydrogens (tertiary/aromatic N) is 4. The van der Waals surface area contributed by atoms with Crippen LogP contribution in [0.5, 0.6) is 5.88 Å². The van der Waals surface area contributed by atoms with E-state index in [1.165, 1.54) is 0 Å². The molecule has 2 N–H and O–H groups in total. The Kier molecular flexibility index (Phi) is 6.71. The number of ether oxygens (including phenoxy) is 1. The monoisotopic (exact) mass is 529 g/mol. The molecule has 3 heterocycles. The highest BCUT2D eigenvalue weighted by atomic mass is 16.5. The smallest absolute Gasteiger partial charge is 0.248 e. The van der Waals surface area contributed by atoms with Crippen LogP contribution in [0.15, 0.2) is 34.9 Å². The van der Waals surface area contributed by atoms with Crippen LogP contribution in [0.25, 0.3) is 22.8 Å². The number of hydrogen-bond donors (Lipinski definition) is 1. The molecule has 2 fully saturated rings. The number of carbonyl (C=O) groups is 2. The van der Waals surface area contributed by atoms with E-state index in [1.807, 2.05) is 6.07 Å². The van der Waals surface area contributed by atoms with Crippen molar-refractivity contribution in [2.45, 2.75) is 82.3 Å². The van der Waals surface area contributed by atoms with Gasteiger partial charge in [-0.05, 0) is 77.6 Å². The van der Waals surface area contributed by atoms with E-state index in [1.54, 1.807) is 24.3 Å². The molecular formula is C30H35N5O4. The number of nitrogens with two attached hydrogens (primary N) is 1. The Morgan fingerprint density at radius 1 is 1.15 bits per heavy atom. The molecule has 2 aliphatic carbocycles. The van der Waals surface area contributed by atoms with Crippen LogP contribution in [0.1, 0.15) is 80.0 Å². The zero-order chi connectivity index (χ0) is 27.1. The lowest BCUT2D eigenvalue weighted by atomic mass is 9.64. The predicted molar refractivity (Wildman–Crippen MR) is 145 cm³/mol. The molecule has 1 saturated carbocycles. The van der Waals surface area contributed by atoms with Gasteiger partial charge in [0.1, 0.15) is 11.9 Å². The molecule has 0 bridgehead atoms. The number of benzene rings is 1. The van der Waals surface area contributed by atoms with Gasteiger partial charge in [-0.3, -0.25) is 14.5 Å². The van der Waals surface area contributed by atoms with Crippen molar-refractivity contribution < 1.29 is 18.8 Å². The second kappa shape index (κ2) is 10.2. The third-order valence-corrected chi connectivity index (χ3v) is 8.83. The number of aromatic nitrogens is 3. The first-order valence-corrected chi connectivity index (χ1v) is 14.0. The number of likely N-dealkylation sites (N-methyl/N-ethyl adjacent to an activating group) is 1. The van der Waals surface area contributed by atoms with Crippen LogP contribution in [-0.2, 0) is 16.6 Å². The first-order valence-electron chi connectivity index (χ1n) is 14.0. The van der Waals surface area contributed by atoms with Crippen molar-refractivity contribution in [2.24, 2.45) is 5.73 Å². The number of rotatable bonds is 6. The maximum Gasteiger partial charge on any atom is 0.248 e. The molecule has 0 unspecified atom stereocenters. The van der Waals surface area contributed by atoms with Gasteiger partial charge in [0.25, 0.3) is 0 Å². The predicted octanol–water partition coefficient (Wildman–Crippen LogP) is 4.48. The van der Waals surface area contributed by atoms with E-state index in [2.05, 4.69) is 24.0 Å². The van der Waals surface area contributed by atoms with Gasteiger partial charge in [0.2, 0.25) is 11.8 Å². The fourth-order valence-corrected chi connectivity index (χ4v) is 6.74. The van der Waals surface area contributed by atoms with Crippen LogP contribution in [0.3, 0.4) is 0 Å². The van der Waals surface area contributed by atoms with Crippen molar-refractivity contribution in [1.29, 1.82) is 0 Å². The quantitative estimate of drug-likeness (QED) is 0.496. The maximum atomic E-state index is 13.2. The number of hydrogen-bond acceptors (Lipinski definition) is 8. The van der Waals surface area contributed by atoms with Gasteiger partial charge in [-0.1, -0.05) is 23.7 Å². The van der Waals surface area contributed by atoms with Gasteiger partial charge in [0.05, 0.1) is 11.1 Å². The van der Waals surface area contributed by atoms with Gasteiger partial charge in [0.15, 0.2) is 17.3 Å². The summed E-state index contributed by atoms with van der Waals surface area (Å²) in [6.45, 7) is 3.11. The lowest BCUT2D eigenvalue weighted by Gasteiger charge is -2.36. The molecule has 1 aliphatic heterocycles. The van der Waals surface area contributed by atoms with E-state index in [4.69, 9.17) is 25.0 Å². The molecule has 3 aliphatic rings. The Morgan fingerprint density at radius 3 is 2.77 bits per heavy atom. The van der Waals surface area contributed by atoms with E-state index in [0.717, 1.165) is 69.0 Å². The van der Waals surface area contributed by atoms with Crippen LogP contribution in [-0.4, -0.2) is 57.5 Å². The van der Waals surface area contributed by atoms with Crippen LogP contribution in [0.4, 0.5) is 0 Å². The molecule has 6 rings (SSSR count). The minimum atomic E-state index is -0.578. The highest BCUT2D eigenvalue weighted by Gasteiger charge is 2.48. The summed E-state index contributed by atoms with van der Waals surface area (Å²) in [5.74, 6) is 1.27. The highest BCUT2D eigenvalue weighted by Crippen LogP contribution is 2.47. The molecule has 1 aromatic carbocycles.